The van der Waals surface area contributed by atoms with Crippen molar-refractivity contribution in [3.63, 3.8) is 0 Å². The van der Waals surface area contributed by atoms with E-state index in [0.717, 1.165) is 41.8 Å². The molecule has 0 aliphatic heterocycles. The van der Waals surface area contributed by atoms with Crippen LogP contribution < -0.4 is 11.3 Å². The molecule has 0 spiro atoms. The molecular weight excluding hydrogens is 284 g/mol. The maximum Gasteiger partial charge on any atom is 0.0885 e. The van der Waals surface area contributed by atoms with Crippen molar-refractivity contribution >= 4 is 11.6 Å². The number of rotatable bonds is 4. The van der Waals surface area contributed by atoms with Crippen LogP contribution in [-0.2, 0) is 4.74 Å². The van der Waals surface area contributed by atoms with E-state index in [1.165, 1.54) is 0 Å². The van der Waals surface area contributed by atoms with Crippen molar-refractivity contribution in [2.75, 3.05) is 7.11 Å². The number of ether oxygens (including phenoxy) is 1. The highest BCUT2D eigenvalue weighted by Crippen LogP contribution is 2.47. The van der Waals surface area contributed by atoms with Crippen LogP contribution in [0.25, 0.3) is 0 Å². The SMILES string of the molecule is COC1(C(NN)c2ccc(C)c(Cl)c2)CCC(C)(C)CC1. The van der Waals surface area contributed by atoms with E-state index >= 15 is 0 Å². The van der Waals surface area contributed by atoms with Crippen LogP contribution in [0, 0.1) is 12.3 Å². The quantitative estimate of drug-likeness (QED) is 0.649. The lowest BCUT2D eigenvalue weighted by atomic mass is 9.67. The molecule has 0 radical (unpaired) electrons. The van der Waals surface area contributed by atoms with Crippen molar-refractivity contribution in [2.24, 2.45) is 11.3 Å². The Morgan fingerprint density at radius 2 is 1.86 bits per heavy atom. The summed E-state index contributed by atoms with van der Waals surface area (Å²) in [6, 6.07) is 6.09. The topological polar surface area (TPSA) is 47.3 Å². The van der Waals surface area contributed by atoms with Crippen LogP contribution in [0.4, 0.5) is 0 Å². The number of halogens is 1. The summed E-state index contributed by atoms with van der Waals surface area (Å²) >= 11 is 6.28. The van der Waals surface area contributed by atoms with Crippen molar-refractivity contribution in [3.05, 3.63) is 34.3 Å². The van der Waals surface area contributed by atoms with Crippen LogP contribution in [0.3, 0.4) is 0 Å². The molecule has 2 rings (SSSR count). The van der Waals surface area contributed by atoms with Crippen LogP contribution in [0.1, 0.15) is 56.7 Å². The molecule has 1 saturated carbocycles. The van der Waals surface area contributed by atoms with Crippen LogP contribution >= 0.6 is 11.6 Å². The summed E-state index contributed by atoms with van der Waals surface area (Å²) < 4.78 is 5.96. The van der Waals surface area contributed by atoms with Gasteiger partial charge in [0, 0.05) is 12.1 Å². The highest BCUT2D eigenvalue weighted by molar-refractivity contribution is 6.31. The van der Waals surface area contributed by atoms with Crippen LogP contribution in [-0.4, -0.2) is 12.7 Å². The van der Waals surface area contributed by atoms with Crippen molar-refractivity contribution in [1.29, 1.82) is 0 Å². The number of nitrogens with one attached hydrogen (secondary N) is 1. The Morgan fingerprint density at radius 1 is 1.24 bits per heavy atom. The summed E-state index contributed by atoms with van der Waals surface area (Å²) in [7, 11) is 1.79. The summed E-state index contributed by atoms with van der Waals surface area (Å²) in [4.78, 5) is 0. The highest BCUT2D eigenvalue weighted by Gasteiger charge is 2.44. The van der Waals surface area contributed by atoms with Gasteiger partial charge in [0.05, 0.1) is 11.6 Å². The molecule has 4 heteroatoms. The number of methoxy groups -OCH3 is 1. The van der Waals surface area contributed by atoms with E-state index in [-0.39, 0.29) is 11.6 Å². The minimum Gasteiger partial charge on any atom is -0.376 e. The highest BCUT2D eigenvalue weighted by atomic mass is 35.5. The first-order valence-corrected chi connectivity index (χ1v) is 7.99. The molecule has 0 saturated heterocycles. The van der Waals surface area contributed by atoms with E-state index in [4.69, 9.17) is 22.2 Å². The Hall–Kier alpha value is -0.610. The van der Waals surface area contributed by atoms with Gasteiger partial charge in [0.25, 0.3) is 0 Å². The minimum absolute atomic E-state index is 0.0447. The van der Waals surface area contributed by atoms with Crippen molar-refractivity contribution < 1.29 is 4.74 Å². The Balaban J connectivity index is 2.31. The van der Waals surface area contributed by atoms with E-state index in [9.17, 15) is 0 Å². The van der Waals surface area contributed by atoms with E-state index in [0.29, 0.717) is 5.41 Å². The van der Waals surface area contributed by atoms with Crippen LogP contribution in [0.15, 0.2) is 18.2 Å². The molecule has 1 aliphatic carbocycles. The fraction of sp³-hybridized carbons (Fsp3) is 0.647. The standard InChI is InChI=1S/C17H27ClN2O/c1-12-5-6-13(11-14(12)18)15(20-19)17(21-4)9-7-16(2,3)8-10-17/h5-6,11,15,20H,7-10,19H2,1-4H3. The van der Waals surface area contributed by atoms with Gasteiger partial charge in [-0.2, -0.15) is 0 Å². The lowest BCUT2D eigenvalue weighted by Gasteiger charge is -2.47. The summed E-state index contributed by atoms with van der Waals surface area (Å²) in [6.45, 7) is 6.65. The van der Waals surface area contributed by atoms with Crippen molar-refractivity contribution in [3.8, 4) is 0 Å². The lowest BCUT2D eigenvalue weighted by molar-refractivity contribution is -0.0877. The molecule has 1 unspecified atom stereocenters. The average Bonchev–Trinajstić information content (AvgIpc) is 2.45. The maximum atomic E-state index is 6.28. The zero-order valence-electron chi connectivity index (χ0n) is 13.5. The van der Waals surface area contributed by atoms with Crippen molar-refractivity contribution in [2.45, 2.75) is 58.1 Å². The first-order chi connectivity index (χ1) is 9.83. The Labute approximate surface area is 133 Å². The molecule has 118 valence electrons. The van der Waals surface area contributed by atoms with Gasteiger partial charge in [-0.15, -0.1) is 0 Å². The van der Waals surface area contributed by atoms with Gasteiger partial charge in [-0.05, 0) is 55.2 Å². The summed E-state index contributed by atoms with van der Waals surface area (Å²) in [5, 5.41) is 0.773. The number of nitrogens with two attached hydrogens (primary N) is 1. The molecule has 0 aromatic heterocycles. The Morgan fingerprint density at radius 3 is 2.33 bits per heavy atom. The predicted octanol–water partition coefficient (Wildman–Crippen LogP) is 4.14. The molecule has 0 amide bonds. The minimum atomic E-state index is -0.261. The largest absolute Gasteiger partial charge is 0.376 e. The van der Waals surface area contributed by atoms with Gasteiger partial charge in [0.2, 0.25) is 0 Å². The molecule has 21 heavy (non-hydrogen) atoms. The summed E-state index contributed by atoms with van der Waals surface area (Å²) in [5.74, 6) is 5.88. The molecule has 1 aliphatic rings. The van der Waals surface area contributed by atoms with Gasteiger partial charge in [0.1, 0.15) is 0 Å². The number of hydrogen-bond acceptors (Lipinski definition) is 3. The van der Waals surface area contributed by atoms with Gasteiger partial charge in [-0.3, -0.25) is 11.3 Å². The smallest absolute Gasteiger partial charge is 0.0885 e. The molecule has 1 aromatic rings. The third-order valence-corrected chi connectivity index (χ3v) is 5.49. The zero-order valence-corrected chi connectivity index (χ0v) is 14.3. The van der Waals surface area contributed by atoms with Gasteiger partial charge >= 0.3 is 0 Å². The van der Waals surface area contributed by atoms with E-state index < -0.39 is 0 Å². The molecule has 1 aromatic carbocycles. The molecule has 3 N–H and O–H groups in total. The van der Waals surface area contributed by atoms with Gasteiger partial charge in [-0.1, -0.05) is 37.6 Å². The Bertz CT molecular complexity index is 492. The molecule has 0 heterocycles. The number of aryl methyl sites for hydroxylation is 1. The second-order valence-corrected chi connectivity index (χ2v) is 7.45. The average molecular weight is 311 g/mol. The zero-order chi connectivity index (χ0) is 15.7. The first-order valence-electron chi connectivity index (χ1n) is 7.61. The second-order valence-electron chi connectivity index (χ2n) is 7.04. The molecule has 3 nitrogen and oxygen atoms in total. The van der Waals surface area contributed by atoms with Crippen LogP contribution in [0.5, 0.6) is 0 Å². The predicted molar refractivity (Wildman–Crippen MR) is 88.2 cm³/mol. The number of hydrazine groups is 1. The molecular formula is C17H27ClN2O. The van der Waals surface area contributed by atoms with E-state index in [2.05, 4.69) is 25.3 Å². The van der Waals surface area contributed by atoms with Crippen molar-refractivity contribution in [1.82, 2.24) is 5.43 Å². The number of benzene rings is 1. The van der Waals surface area contributed by atoms with Crippen LogP contribution in [0.2, 0.25) is 5.02 Å². The monoisotopic (exact) mass is 310 g/mol. The molecule has 1 atom stereocenters. The normalized spacial score (nSPS) is 22.0. The van der Waals surface area contributed by atoms with E-state index in [1.54, 1.807) is 7.11 Å². The molecule has 1 fully saturated rings. The number of hydrogen-bond donors (Lipinski definition) is 2. The van der Waals surface area contributed by atoms with Gasteiger partial charge in [-0.25, -0.2) is 0 Å². The summed E-state index contributed by atoms with van der Waals surface area (Å²) in [6.07, 6.45) is 4.27. The third-order valence-electron chi connectivity index (χ3n) is 5.08. The fourth-order valence-corrected chi connectivity index (χ4v) is 3.49. The second kappa shape index (κ2) is 6.25. The maximum absolute atomic E-state index is 6.28. The first kappa shape index (κ1) is 16.8. The van der Waals surface area contributed by atoms with Gasteiger partial charge < -0.3 is 4.74 Å². The lowest BCUT2D eigenvalue weighted by Crippen LogP contribution is -2.51. The fourth-order valence-electron chi connectivity index (χ4n) is 3.30. The van der Waals surface area contributed by atoms with E-state index in [1.807, 2.05) is 19.1 Å². The van der Waals surface area contributed by atoms with Gasteiger partial charge in [0.15, 0.2) is 0 Å². The third kappa shape index (κ3) is 3.42. The molecule has 0 bridgehead atoms. The Kier molecular flexibility index (Phi) is 4.99. The summed E-state index contributed by atoms with van der Waals surface area (Å²) in [5.41, 5.74) is 5.26.